The van der Waals surface area contributed by atoms with E-state index in [4.69, 9.17) is 0 Å². The molecule has 8 nitrogen and oxygen atoms in total. The number of rotatable bonds is 2. The smallest absolute Gasteiger partial charge is 0.274 e. The number of fused-ring (bicyclic) bond motifs is 1. The highest BCUT2D eigenvalue weighted by Crippen LogP contribution is 2.14. The first-order valence-electron chi connectivity index (χ1n) is 8.42. The van der Waals surface area contributed by atoms with Crippen LogP contribution in [0, 0.1) is 19.8 Å². The predicted molar refractivity (Wildman–Crippen MR) is 93.4 cm³/mol. The van der Waals surface area contributed by atoms with Gasteiger partial charge in [0.25, 0.3) is 5.91 Å². The van der Waals surface area contributed by atoms with E-state index in [9.17, 15) is 9.59 Å². The van der Waals surface area contributed by atoms with Gasteiger partial charge in [0.05, 0.1) is 5.92 Å². The molecule has 1 atom stereocenters. The number of aryl methyl sites for hydroxylation is 2. The van der Waals surface area contributed by atoms with Crippen LogP contribution in [0.2, 0.25) is 0 Å². The largest absolute Gasteiger partial charge is 0.359 e. The van der Waals surface area contributed by atoms with Crippen molar-refractivity contribution in [3.63, 3.8) is 0 Å². The first kappa shape index (κ1) is 17.3. The van der Waals surface area contributed by atoms with Gasteiger partial charge in [-0.1, -0.05) is 0 Å². The van der Waals surface area contributed by atoms with Crippen molar-refractivity contribution < 1.29 is 9.59 Å². The van der Waals surface area contributed by atoms with E-state index < -0.39 is 0 Å². The summed E-state index contributed by atoms with van der Waals surface area (Å²) in [4.78, 5) is 33.3. The number of likely N-dealkylation sites (N-methyl/N-ethyl adjacent to an activating group) is 1. The first-order valence-corrected chi connectivity index (χ1v) is 8.42. The van der Waals surface area contributed by atoms with Gasteiger partial charge in [-0.3, -0.25) is 9.59 Å². The van der Waals surface area contributed by atoms with Crippen LogP contribution in [0.4, 0.5) is 0 Å². The standard InChI is InChI=1S/C17H24N6O2/c1-11-7-12(2)23-15(19-11)8-14(20-23)17(25)22-6-5-21(4)9-13(10-22)16(24)18-3/h7-8,13H,5-6,9-10H2,1-4H3,(H,18,24)/t13-/m1/s1. The van der Waals surface area contributed by atoms with E-state index in [0.29, 0.717) is 31.0 Å². The van der Waals surface area contributed by atoms with E-state index in [2.05, 4.69) is 20.3 Å². The fraction of sp³-hybridized carbons (Fsp3) is 0.529. The SMILES string of the molecule is CNC(=O)[C@@H]1CN(C)CCN(C(=O)c2cc3nc(C)cc(C)n3n2)C1. The summed E-state index contributed by atoms with van der Waals surface area (Å²) in [7, 11) is 3.59. The van der Waals surface area contributed by atoms with Gasteiger partial charge in [0.2, 0.25) is 5.91 Å². The summed E-state index contributed by atoms with van der Waals surface area (Å²) < 4.78 is 1.68. The minimum atomic E-state index is -0.249. The van der Waals surface area contributed by atoms with Gasteiger partial charge in [0.15, 0.2) is 11.3 Å². The molecule has 3 rings (SSSR count). The Morgan fingerprint density at radius 3 is 2.68 bits per heavy atom. The number of amides is 2. The lowest BCUT2D eigenvalue weighted by Crippen LogP contribution is -2.41. The van der Waals surface area contributed by atoms with Gasteiger partial charge in [-0.05, 0) is 27.0 Å². The van der Waals surface area contributed by atoms with Crippen LogP contribution in [0.5, 0.6) is 0 Å². The van der Waals surface area contributed by atoms with Crippen LogP contribution in [0.3, 0.4) is 0 Å². The molecular formula is C17H24N6O2. The Bertz CT molecular complexity index is 815. The van der Waals surface area contributed by atoms with Crippen molar-refractivity contribution in [1.29, 1.82) is 0 Å². The van der Waals surface area contributed by atoms with Crippen molar-refractivity contribution in [2.24, 2.45) is 5.92 Å². The molecule has 0 radical (unpaired) electrons. The summed E-state index contributed by atoms with van der Waals surface area (Å²) in [6.45, 7) is 6.17. The molecule has 1 N–H and O–H groups in total. The maximum Gasteiger partial charge on any atom is 0.274 e. The van der Waals surface area contributed by atoms with Crippen molar-refractivity contribution in [2.45, 2.75) is 13.8 Å². The van der Waals surface area contributed by atoms with Crippen molar-refractivity contribution in [1.82, 2.24) is 29.7 Å². The van der Waals surface area contributed by atoms with Crippen LogP contribution >= 0.6 is 0 Å². The fourth-order valence-corrected chi connectivity index (χ4v) is 3.28. The normalized spacial score (nSPS) is 19.0. The molecule has 3 heterocycles. The Hall–Kier alpha value is -2.48. The van der Waals surface area contributed by atoms with Crippen LogP contribution < -0.4 is 5.32 Å². The van der Waals surface area contributed by atoms with E-state index in [1.54, 1.807) is 22.5 Å². The van der Waals surface area contributed by atoms with E-state index in [1.165, 1.54) is 0 Å². The molecule has 134 valence electrons. The Kier molecular flexibility index (Phi) is 4.71. The van der Waals surface area contributed by atoms with Gasteiger partial charge in [-0.25, -0.2) is 9.50 Å². The fourth-order valence-electron chi connectivity index (χ4n) is 3.28. The van der Waals surface area contributed by atoms with Crippen molar-refractivity contribution >= 4 is 17.5 Å². The molecule has 0 unspecified atom stereocenters. The zero-order chi connectivity index (χ0) is 18.1. The maximum atomic E-state index is 13.0. The third-order valence-corrected chi connectivity index (χ3v) is 4.58. The number of carbonyl (C=O) groups is 2. The molecule has 1 fully saturated rings. The zero-order valence-electron chi connectivity index (χ0n) is 15.1. The van der Waals surface area contributed by atoms with Crippen molar-refractivity contribution in [3.8, 4) is 0 Å². The molecule has 0 bridgehead atoms. The third kappa shape index (κ3) is 3.48. The Labute approximate surface area is 146 Å². The summed E-state index contributed by atoms with van der Waals surface area (Å²) in [5, 5.41) is 7.10. The number of aromatic nitrogens is 3. The molecule has 0 aromatic carbocycles. The quantitative estimate of drug-likeness (QED) is 0.835. The topological polar surface area (TPSA) is 82.8 Å². The van der Waals surface area contributed by atoms with E-state index in [0.717, 1.165) is 17.9 Å². The van der Waals surface area contributed by atoms with Gasteiger partial charge < -0.3 is 15.1 Å². The lowest BCUT2D eigenvalue weighted by molar-refractivity contribution is -0.125. The van der Waals surface area contributed by atoms with Gasteiger partial charge in [0, 0.05) is 50.7 Å². The minimum absolute atomic E-state index is 0.0466. The van der Waals surface area contributed by atoms with Gasteiger partial charge in [0.1, 0.15) is 0 Å². The molecule has 8 heteroatoms. The van der Waals surface area contributed by atoms with Crippen LogP contribution in [-0.2, 0) is 4.79 Å². The second kappa shape index (κ2) is 6.79. The summed E-state index contributed by atoms with van der Waals surface area (Å²) >= 11 is 0. The summed E-state index contributed by atoms with van der Waals surface area (Å²) in [6, 6.07) is 3.64. The summed E-state index contributed by atoms with van der Waals surface area (Å²) in [5.41, 5.74) is 2.84. The third-order valence-electron chi connectivity index (χ3n) is 4.58. The van der Waals surface area contributed by atoms with Crippen LogP contribution in [0.15, 0.2) is 12.1 Å². The highest BCUT2D eigenvalue weighted by Gasteiger charge is 2.30. The van der Waals surface area contributed by atoms with Crippen molar-refractivity contribution in [3.05, 3.63) is 29.2 Å². The molecule has 0 saturated carbocycles. The lowest BCUT2D eigenvalue weighted by Gasteiger charge is -2.22. The van der Waals surface area contributed by atoms with Crippen LogP contribution in [-0.4, -0.2) is 76.5 Å². The number of nitrogens with zero attached hydrogens (tertiary/aromatic N) is 5. The Morgan fingerprint density at radius 1 is 1.20 bits per heavy atom. The van der Waals surface area contributed by atoms with Gasteiger partial charge in [-0.2, -0.15) is 5.10 Å². The molecule has 25 heavy (non-hydrogen) atoms. The first-order chi connectivity index (χ1) is 11.9. The average Bonchev–Trinajstić information content (AvgIpc) is 2.90. The molecule has 2 aromatic heterocycles. The lowest BCUT2D eigenvalue weighted by atomic mass is 10.1. The monoisotopic (exact) mass is 344 g/mol. The molecule has 1 aliphatic rings. The number of carbonyl (C=O) groups excluding carboxylic acids is 2. The number of hydrogen-bond donors (Lipinski definition) is 1. The summed E-state index contributed by atoms with van der Waals surface area (Å²) in [6.07, 6.45) is 0. The van der Waals surface area contributed by atoms with Gasteiger partial charge in [-0.15, -0.1) is 0 Å². The predicted octanol–water partition coefficient (Wildman–Crippen LogP) is 0.0959. The highest BCUT2D eigenvalue weighted by molar-refractivity contribution is 5.94. The van der Waals surface area contributed by atoms with Gasteiger partial charge >= 0.3 is 0 Å². The second-order valence-corrected chi connectivity index (χ2v) is 6.66. The van der Waals surface area contributed by atoms with Crippen LogP contribution in [0.25, 0.3) is 5.65 Å². The number of hydrogen-bond acceptors (Lipinski definition) is 5. The van der Waals surface area contributed by atoms with E-state index in [1.807, 2.05) is 27.0 Å². The average molecular weight is 344 g/mol. The Morgan fingerprint density at radius 2 is 1.96 bits per heavy atom. The molecule has 0 aliphatic carbocycles. The highest BCUT2D eigenvalue weighted by atomic mass is 16.2. The number of nitrogens with one attached hydrogen (secondary N) is 1. The zero-order valence-corrected chi connectivity index (χ0v) is 15.1. The molecular weight excluding hydrogens is 320 g/mol. The molecule has 0 spiro atoms. The van der Waals surface area contributed by atoms with E-state index in [-0.39, 0.29) is 17.7 Å². The molecule has 2 amide bonds. The van der Waals surface area contributed by atoms with E-state index >= 15 is 0 Å². The Balaban J connectivity index is 1.88. The molecule has 2 aromatic rings. The summed E-state index contributed by atoms with van der Waals surface area (Å²) in [5.74, 6) is -0.456. The molecule has 1 saturated heterocycles. The maximum absolute atomic E-state index is 13.0. The minimum Gasteiger partial charge on any atom is -0.359 e. The molecule has 1 aliphatic heterocycles. The van der Waals surface area contributed by atoms with Crippen LogP contribution in [0.1, 0.15) is 21.9 Å². The van der Waals surface area contributed by atoms with Crippen molar-refractivity contribution in [2.75, 3.05) is 40.3 Å². The second-order valence-electron chi connectivity index (χ2n) is 6.66.